The van der Waals surface area contributed by atoms with E-state index in [9.17, 15) is 24.0 Å². The van der Waals surface area contributed by atoms with Gasteiger partial charge in [-0.05, 0) is 103 Å². The summed E-state index contributed by atoms with van der Waals surface area (Å²) in [6.07, 6.45) is 5.71. The van der Waals surface area contributed by atoms with Gasteiger partial charge in [-0.1, -0.05) is 60.7 Å². The normalized spacial score (nSPS) is 17.9. The molecule has 350 valence electrons. The Morgan fingerprint density at radius 1 is 0.556 bits per heavy atom. The number of carbonyl (C=O) groups is 5. The van der Waals surface area contributed by atoms with Gasteiger partial charge in [-0.3, -0.25) is 4.90 Å². The zero-order chi connectivity index (χ0) is 45.7. The highest BCUT2D eigenvalue weighted by atomic mass is 16.6. The van der Waals surface area contributed by atoms with Crippen molar-refractivity contribution in [3.63, 3.8) is 0 Å². The fourth-order valence-corrected chi connectivity index (χ4v) is 7.53. The summed E-state index contributed by atoms with van der Waals surface area (Å²) in [5, 5.41) is 3.19. The molecule has 4 saturated heterocycles. The molecule has 4 aliphatic rings. The van der Waals surface area contributed by atoms with Crippen LogP contribution in [-0.4, -0.2) is 151 Å². The van der Waals surface area contributed by atoms with Crippen LogP contribution < -0.4 is 5.32 Å². The van der Waals surface area contributed by atoms with Crippen molar-refractivity contribution in [3.8, 4) is 0 Å². The van der Waals surface area contributed by atoms with Crippen LogP contribution in [-0.2, 0) is 37.0 Å². The van der Waals surface area contributed by atoms with Crippen LogP contribution in [0.4, 0.5) is 19.2 Å². The Hall–Kier alpha value is -4.89. The maximum atomic E-state index is 12.3. The highest BCUT2D eigenvalue weighted by Crippen LogP contribution is 2.24. The fourth-order valence-electron chi connectivity index (χ4n) is 7.53. The Labute approximate surface area is 375 Å². The number of amides is 4. The van der Waals surface area contributed by atoms with Crippen molar-refractivity contribution < 1.29 is 42.9 Å². The van der Waals surface area contributed by atoms with Gasteiger partial charge in [0, 0.05) is 85.0 Å². The Morgan fingerprint density at radius 3 is 1.37 bits per heavy atom. The maximum absolute atomic E-state index is 12.3. The Morgan fingerprint density at radius 2 is 0.952 bits per heavy atom. The third-order valence-electron chi connectivity index (χ3n) is 11.2. The fraction of sp³-hybridized carbons (Fsp3) is 0.646. The molecule has 15 nitrogen and oxygen atoms in total. The number of piperidine rings is 2. The van der Waals surface area contributed by atoms with E-state index in [0.29, 0.717) is 57.6 Å². The molecule has 15 heteroatoms. The lowest BCUT2D eigenvalue weighted by Crippen LogP contribution is -2.49. The lowest BCUT2D eigenvalue weighted by atomic mass is 9.93. The number of ether oxygens (including phenoxy) is 4. The predicted octanol–water partition coefficient (Wildman–Crippen LogP) is 7.43. The summed E-state index contributed by atoms with van der Waals surface area (Å²) in [7, 11) is 0. The minimum atomic E-state index is -0.440. The molecule has 0 radical (unpaired) electrons. The highest BCUT2D eigenvalue weighted by Gasteiger charge is 2.29. The molecule has 0 unspecified atom stereocenters. The molecule has 0 spiro atoms. The molecule has 4 amide bonds. The monoisotopic (exact) mass is 879 g/mol. The van der Waals surface area contributed by atoms with E-state index in [1.807, 2.05) is 107 Å². The van der Waals surface area contributed by atoms with Crippen LogP contribution in [0.3, 0.4) is 0 Å². The SMILES string of the molecule is CC(C)(C)OC(=O)N1CCC(CC=O)CC1.CC(C)(C)OC(=O)N1CCC(CCN2CCN(C(=O)OCc3ccccc3)CC2)CC1.O=C(OCc1ccccc1)N1CCNCC1. The summed E-state index contributed by atoms with van der Waals surface area (Å²) in [5.41, 5.74) is 1.15. The van der Waals surface area contributed by atoms with Crippen molar-refractivity contribution >= 4 is 30.7 Å². The minimum Gasteiger partial charge on any atom is -0.445 e. The number of carbonyl (C=O) groups excluding carboxylic acids is 5. The number of hydrogen-bond donors (Lipinski definition) is 1. The van der Waals surface area contributed by atoms with Crippen LogP contribution in [0.25, 0.3) is 0 Å². The second-order valence-electron chi connectivity index (χ2n) is 18.7. The van der Waals surface area contributed by atoms with E-state index in [1.165, 1.54) is 0 Å². The van der Waals surface area contributed by atoms with Crippen LogP contribution in [0.1, 0.15) is 91.2 Å². The number of piperazine rings is 2. The first-order valence-corrected chi connectivity index (χ1v) is 22.8. The summed E-state index contributed by atoms with van der Waals surface area (Å²) in [5.74, 6) is 1.09. The molecule has 0 aromatic heterocycles. The summed E-state index contributed by atoms with van der Waals surface area (Å²) in [6.45, 7) is 22.3. The van der Waals surface area contributed by atoms with E-state index in [-0.39, 0.29) is 24.4 Å². The smallest absolute Gasteiger partial charge is 0.410 e. The van der Waals surface area contributed by atoms with Gasteiger partial charge < -0.3 is 48.7 Å². The first-order chi connectivity index (χ1) is 30.1. The summed E-state index contributed by atoms with van der Waals surface area (Å²) in [4.78, 5) is 67.8. The average Bonchev–Trinajstić information content (AvgIpc) is 3.27. The zero-order valence-electron chi connectivity index (χ0n) is 38.8. The molecule has 0 atom stereocenters. The molecule has 1 N–H and O–H groups in total. The van der Waals surface area contributed by atoms with Crippen LogP contribution >= 0.6 is 0 Å². The molecule has 2 aromatic carbocycles. The molecule has 0 aliphatic carbocycles. The Kier molecular flexibility index (Phi) is 21.0. The topological polar surface area (TPSA) is 150 Å². The number of nitrogens with zero attached hydrogens (tertiary/aromatic N) is 5. The van der Waals surface area contributed by atoms with E-state index in [4.69, 9.17) is 18.9 Å². The molecule has 4 aliphatic heterocycles. The summed E-state index contributed by atoms with van der Waals surface area (Å²) in [6, 6.07) is 19.5. The third-order valence-corrected chi connectivity index (χ3v) is 11.2. The molecule has 4 fully saturated rings. The van der Waals surface area contributed by atoms with E-state index < -0.39 is 11.2 Å². The first kappa shape index (κ1) is 50.8. The molecule has 6 rings (SSSR count). The van der Waals surface area contributed by atoms with Crippen LogP contribution in [0.5, 0.6) is 0 Å². The second-order valence-corrected chi connectivity index (χ2v) is 18.7. The Balaban J connectivity index is 0.000000229. The van der Waals surface area contributed by atoms with Crippen LogP contribution in [0.2, 0.25) is 0 Å². The van der Waals surface area contributed by atoms with Gasteiger partial charge in [0.1, 0.15) is 30.7 Å². The Bertz CT molecular complexity index is 1660. The van der Waals surface area contributed by atoms with Crippen LogP contribution in [0, 0.1) is 11.8 Å². The number of benzene rings is 2. The minimum absolute atomic E-state index is 0.193. The lowest BCUT2D eigenvalue weighted by Gasteiger charge is -2.36. The van der Waals surface area contributed by atoms with Crippen molar-refractivity contribution in [1.82, 2.24) is 29.8 Å². The van der Waals surface area contributed by atoms with Gasteiger partial charge >= 0.3 is 24.4 Å². The van der Waals surface area contributed by atoms with E-state index in [1.54, 1.807) is 14.7 Å². The lowest BCUT2D eigenvalue weighted by molar-refractivity contribution is -0.108. The number of nitrogens with one attached hydrogen (secondary N) is 1. The molecular formula is C48H74N6O9. The van der Waals surface area contributed by atoms with Crippen molar-refractivity contribution in [1.29, 1.82) is 0 Å². The molecule has 0 bridgehead atoms. The molecule has 63 heavy (non-hydrogen) atoms. The van der Waals surface area contributed by atoms with E-state index in [2.05, 4.69) is 10.2 Å². The van der Waals surface area contributed by atoms with Crippen LogP contribution in [0.15, 0.2) is 60.7 Å². The quantitative estimate of drug-likeness (QED) is 0.198. The van der Waals surface area contributed by atoms with Crippen molar-refractivity contribution in [2.75, 3.05) is 85.1 Å². The van der Waals surface area contributed by atoms with Gasteiger partial charge in [-0.15, -0.1) is 0 Å². The van der Waals surface area contributed by atoms with Crippen molar-refractivity contribution in [2.45, 2.75) is 104 Å². The largest absolute Gasteiger partial charge is 0.445 e. The van der Waals surface area contributed by atoms with Gasteiger partial charge in [0.15, 0.2) is 0 Å². The number of rotatable bonds is 9. The predicted molar refractivity (Wildman–Crippen MR) is 242 cm³/mol. The zero-order valence-corrected chi connectivity index (χ0v) is 38.8. The van der Waals surface area contributed by atoms with Gasteiger partial charge in [0.25, 0.3) is 0 Å². The van der Waals surface area contributed by atoms with Crippen molar-refractivity contribution in [3.05, 3.63) is 71.8 Å². The molecule has 0 saturated carbocycles. The van der Waals surface area contributed by atoms with Gasteiger partial charge in [-0.2, -0.15) is 0 Å². The van der Waals surface area contributed by atoms with Crippen molar-refractivity contribution in [2.24, 2.45) is 11.8 Å². The van der Waals surface area contributed by atoms with Gasteiger partial charge in [0.05, 0.1) is 0 Å². The molecular weight excluding hydrogens is 805 g/mol. The maximum Gasteiger partial charge on any atom is 0.410 e. The van der Waals surface area contributed by atoms with Gasteiger partial charge in [-0.25, -0.2) is 19.2 Å². The second kappa shape index (κ2) is 26.0. The van der Waals surface area contributed by atoms with E-state index in [0.717, 1.165) is 108 Å². The van der Waals surface area contributed by atoms with E-state index >= 15 is 0 Å². The molecule has 4 heterocycles. The van der Waals surface area contributed by atoms with Gasteiger partial charge in [0.2, 0.25) is 0 Å². The average molecular weight is 879 g/mol. The number of aldehydes is 1. The summed E-state index contributed by atoms with van der Waals surface area (Å²) >= 11 is 0. The third kappa shape index (κ3) is 20.0. The number of hydrogen-bond acceptors (Lipinski definition) is 11. The standard InChI is InChI=1S/C24H37N3O4.C12H16N2O2.C12H21NO3/c1-24(2,3)31-23(29)26-13-10-20(11-14-26)9-12-25-15-17-27(18-16-25)22(28)30-19-21-7-5-4-6-8-21;15-12(14-8-6-13-7-9-14)16-10-11-4-2-1-3-5-11;1-12(2,3)16-11(15)13-7-4-10(5-8-13)6-9-14/h4-8,20H,9-19H2,1-3H3;1-5,13H,6-10H2;9-10H,4-8H2,1-3H3. The molecule has 2 aromatic rings. The first-order valence-electron chi connectivity index (χ1n) is 22.8. The summed E-state index contributed by atoms with van der Waals surface area (Å²) < 4.78 is 21.4. The highest BCUT2D eigenvalue weighted by molar-refractivity contribution is 5.69. The number of likely N-dealkylation sites (tertiary alicyclic amines) is 2.